The molecule has 1 N–H and O–H groups in total. The third kappa shape index (κ3) is 3.90. The highest BCUT2D eigenvalue weighted by atomic mass is 16.3. The van der Waals surface area contributed by atoms with Crippen molar-refractivity contribution in [3.63, 3.8) is 0 Å². The van der Waals surface area contributed by atoms with Crippen molar-refractivity contribution in [2.24, 2.45) is 11.8 Å². The Labute approximate surface area is 162 Å². The molecule has 8 nitrogen and oxygen atoms in total. The Morgan fingerprint density at radius 1 is 1.04 bits per heavy atom. The summed E-state index contributed by atoms with van der Waals surface area (Å²) in [5, 5.41) is 2.89. The lowest BCUT2D eigenvalue weighted by molar-refractivity contribution is -0.136. The summed E-state index contributed by atoms with van der Waals surface area (Å²) in [5.41, 5.74) is 0.976. The van der Waals surface area contributed by atoms with Gasteiger partial charge in [-0.15, -0.1) is 0 Å². The molecule has 3 heterocycles. The van der Waals surface area contributed by atoms with Gasteiger partial charge < -0.3 is 19.5 Å². The van der Waals surface area contributed by atoms with Crippen molar-refractivity contribution in [3.05, 3.63) is 54.2 Å². The number of furan rings is 1. The maximum atomic E-state index is 12.7. The van der Waals surface area contributed by atoms with Crippen LogP contribution < -0.4 is 5.32 Å². The molecule has 3 amide bonds. The summed E-state index contributed by atoms with van der Waals surface area (Å²) in [4.78, 5) is 44.6. The molecule has 2 aromatic rings. The molecule has 28 heavy (non-hydrogen) atoms. The minimum absolute atomic E-state index is 0.00848. The van der Waals surface area contributed by atoms with Crippen LogP contribution in [0.1, 0.15) is 22.5 Å². The molecule has 1 aliphatic heterocycles. The number of nitrogens with one attached hydrogen (secondary N) is 1. The van der Waals surface area contributed by atoms with E-state index in [1.807, 2.05) is 12.1 Å². The number of carbonyl (C=O) groups excluding carboxylic acids is 3. The van der Waals surface area contributed by atoms with Crippen LogP contribution in [0, 0.1) is 11.8 Å². The molecule has 1 saturated heterocycles. The molecular weight excluding hydrogens is 360 g/mol. The van der Waals surface area contributed by atoms with E-state index >= 15 is 0 Å². The van der Waals surface area contributed by atoms with E-state index in [2.05, 4.69) is 10.3 Å². The van der Waals surface area contributed by atoms with E-state index in [0.717, 1.165) is 5.56 Å². The maximum Gasteiger partial charge on any atom is 0.289 e. The largest absolute Gasteiger partial charge is 0.459 e. The molecule has 4 rings (SSSR count). The van der Waals surface area contributed by atoms with Gasteiger partial charge in [0.05, 0.1) is 18.1 Å². The van der Waals surface area contributed by atoms with E-state index in [1.54, 1.807) is 34.3 Å². The van der Waals surface area contributed by atoms with Crippen molar-refractivity contribution in [1.29, 1.82) is 0 Å². The van der Waals surface area contributed by atoms with Gasteiger partial charge in [0.15, 0.2) is 5.76 Å². The molecule has 146 valence electrons. The average Bonchev–Trinajstić information content (AvgIpc) is 3.36. The van der Waals surface area contributed by atoms with Crippen molar-refractivity contribution in [1.82, 2.24) is 20.1 Å². The van der Waals surface area contributed by atoms with Crippen LogP contribution in [-0.2, 0) is 16.1 Å². The minimum Gasteiger partial charge on any atom is -0.459 e. The Morgan fingerprint density at radius 3 is 2.43 bits per heavy atom. The number of piperazine rings is 1. The average molecular weight is 382 g/mol. The van der Waals surface area contributed by atoms with E-state index in [-0.39, 0.29) is 29.6 Å². The summed E-state index contributed by atoms with van der Waals surface area (Å²) in [7, 11) is 0. The van der Waals surface area contributed by atoms with Gasteiger partial charge in [-0.1, -0.05) is 0 Å². The molecule has 2 fully saturated rings. The van der Waals surface area contributed by atoms with Crippen molar-refractivity contribution in [2.45, 2.75) is 13.0 Å². The monoisotopic (exact) mass is 382 g/mol. The smallest absolute Gasteiger partial charge is 0.289 e. The summed E-state index contributed by atoms with van der Waals surface area (Å²) in [5.74, 6) is -0.414. The fourth-order valence-electron chi connectivity index (χ4n) is 3.50. The van der Waals surface area contributed by atoms with Crippen LogP contribution in [-0.4, -0.2) is 58.7 Å². The molecular formula is C20H22N4O4. The molecule has 0 radical (unpaired) electrons. The number of rotatable bonds is 5. The fourth-order valence-corrected chi connectivity index (χ4v) is 3.50. The molecule has 1 aliphatic carbocycles. The SMILES string of the molecule is O=C(NCc1ccncc1)C1CC1C(=O)N1CCN(C(=O)c2ccco2)CC1. The number of hydrogen-bond acceptors (Lipinski definition) is 5. The number of carbonyl (C=O) groups is 3. The van der Waals surface area contributed by atoms with E-state index < -0.39 is 0 Å². The number of pyridine rings is 1. The first kappa shape index (κ1) is 18.2. The molecule has 8 heteroatoms. The van der Waals surface area contributed by atoms with Crippen LogP contribution in [0.15, 0.2) is 47.3 Å². The van der Waals surface area contributed by atoms with Crippen molar-refractivity contribution < 1.29 is 18.8 Å². The van der Waals surface area contributed by atoms with Gasteiger partial charge in [-0.2, -0.15) is 0 Å². The van der Waals surface area contributed by atoms with E-state index in [0.29, 0.717) is 44.9 Å². The Morgan fingerprint density at radius 2 is 1.75 bits per heavy atom. The summed E-state index contributed by atoms with van der Waals surface area (Å²) in [6, 6.07) is 7.01. The zero-order valence-electron chi connectivity index (χ0n) is 15.4. The Kier molecular flexibility index (Phi) is 5.10. The normalized spacial score (nSPS) is 21.3. The number of amides is 3. The topological polar surface area (TPSA) is 95.8 Å². The van der Waals surface area contributed by atoms with Crippen LogP contribution in [0.25, 0.3) is 0 Å². The van der Waals surface area contributed by atoms with Gasteiger partial charge in [0.25, 0.3) is 5.91 Å². The van der Waals surface area contributed by atoms with E-state index in [4.69, 9.17) is 4.42 Å². The molecule has 0 aromatic carbocycles. The third-order valence-corrected chi connectivity index (χ3v) is 5.27. The van der Waals surface area contributed by atoms with Crippen LogP contribution in [0.5, 0.6) is 0 Å². The summed E-state index contributed by atoms with van der Waals surface area (Å²) >= 11 is 0. The predicted octanol–water partition coefficient (Wildman–Crippen LogP) is 0.911. The molecule has 2 atom stereocenters. The third-order valence-electron chi connectivity index (χ3n) is 5.27. The Bertz CT molecular complexity index is 844. The first-order valence-electron chi connectivity index (χ1n) is 9.41. The second-order valence-corrected chi connectivity index (χ2v) is 7.12. The van der Waals surface area contributed by atoms with Crippen LogP contribution in [0.2, 0.25) is 0 Å². The lowest BCUT2D eigenvalue weighted by Gasteiger charge is -2.34. The number of nitrogens with zero attached hydrogens (tertiary/aromatic N) is 3. The first-order chi connectivity index (χ1) is 13.6. The van der Waals surface area contributed by atoms with Crippen molar-refractivity contribution in [2.75, 3.05) is 26.2 Å². The van der Waals surface area contributed by atoms with Gasteiger partial charge in [-0.05, 0) is 36.2 Å². The van der Waals surface area contributed by atoms with E-state index in [1.165, 1.54) is 6.26 Å². The molecule has 0 bridgehead atoms. The maximum absolute atomic E-state index is 12.7. The molecule has 2 unspecified atom stereocenters. The fraction of sp³-hybridized carbons (Fsp3) is 0.400. The van der Waals surface area contributed by atoms with Gasteiger partial charge >= 0.3 is 0 Å². The lowest BCUT2D eigenvalue weighted by Crippen LogP contribution is -2.51. The molecule has 1 saturated carbocycles. The van der Waals surface area contributed by atoms with Gasteiger partial charge in [-0.3, -0.25) is 19.4 Å². The van der Waals surface area contributed by atoms with Gasteiger partial charge in [0, 0.05) is 45.1 Å². The lowest BCUT2D eigenvalue weighted by atomic mass is 10.2. The second kappa shape index (κ2) is 7.84. The minimum atomic E-state index is -0.253. The van der Waals surface area contributed by atoms with Gasteiger partial charge in [-0.25, -0.2) is 0 Å². The van der Waals surface area contributed by atoms with Crippen LogP contribution in [0.4, 0.5) is 0 Å². The van der Waals surface area contributed by atoms with Gasteiger partial charge in [0.1, 0.15) is 0 Å². The van der Waals surface area contributed by atoms with Crippen LogP contribution in [0.3, 0.4) is 0 Å². The van der Waals surface area contributed by atoms with Gasteiger partial charge in [0.2, 0.25) is 11.8 Å². The number of hydrogen-bond donors (Lipinski definition) is 1. The summed E-state index contributed by atoms with van der Waals surface area (Å²) < 4.78 is 5.15. The Balaban J connectivity index is 1.23. The molecule has 2 aromatic heterocycles. The van der Waals surface area contributed by atoms with E-state index in [9.17, 15) is 14.4 Å². The van der Waals surface area contributed by atoms with Crippen molar-refractivity contribution >= 4 is 17.7 Å². The zero-order chi connectivity index (χ0) is 19.5. The molecule has 2 aliphatic rings. The number of aromatic nitrogens is 1. The molecule has 0 spiro atoms. The van der Waals surface area contributed by atoms with Crippen molar-refractivity contribution in [3.8, 4) is 0 Å². The highest BCUT2D eigenvalue weighted by Gasteiger charge is 2.49. The second-order valence-electron chi connectivity index (χ2n) is 7.12. The highest BCUT2D eigenvalue weighted by Crippen LogP contribution is 2.40. The summed E-state index contributed by atoms with van der Waals surface area (Å²) in [6.07, 6.45) is 5.43. The summed E-state index contributed by atoms with van der Waals surface area (Å²) in [6.45, 7) is 2.33. The standard InChI is InChI=1S/C20H22N4O4/c25-18(22-13-14-3-5-21-6-4-14)15-12-16(15)19(26)23-7-9-24(10-8-23)20(27)17-2-1-11-28-17/h1-6,11,15-16H,7-10,12-13H2,(H,22,25). The Hall–Kier alpha value is -3.16. The highest BCUT2D eigenvalue weighted by molar-refractivity contribution is 5.93. The first-order valence-corrected chi connectivity index (χ1v) is 9.41. The quantitative estimate of drug-likeness (QED) is 0.829. The predicted molar refractivity (Wildman–Crippen MR) is 98.9 cm³/mol. The zero-order valence-corrected chi connectivity index (χ0v) is 15.4. The van der Waals surface area contributed by atoms with Crippen LogP contribution >= 0.6 is 0 Å².